The van der Waals surface area contributed by atoms with Crippen molar-refractivity contribution in [2.45, 2.75) is 84.5 Å². The Bertz CT molecular complexity index is 400. The standard InChI is InChI=1S/C20H35NO2S/c1-3-4-5-6-7-8-9-10-11-12-13-14-15-16-20(23)21(17-18-24)19(2)22/h13,15,24H,3-12,16-18H2,1-2H3. The summed E-state index contributed by atoms with van der Waals surface area (Å²) < 4.78 is 0. The van der Waals surface area contributed by atoms with Gasteiger partial charge in [-0.1, -0.05) is 58.3 Å². The van der Waals surface area contributed by atoms with E-state index in [-0.39, 0.29) is 18.2 Å². The maximum Gasteiger partial charge on any atom is 0.233 e. The van der Waals surface area contributed by atoms with Crippen molar-refractivity contribution in [2.24, 2.45) is 0 Å². The Balaban J connectivity index is 3.67. The minimum Gasteiger partial charge on any atom is -0.282 e. The summed E-state index contributed by atoms with van der Waals surface area (Å²) in [7, 11) is 0. The first-order valence-electron chi connectivity index (χ1n) is 9.44. The van der Waals surface area contributed by atoms with Crippen molar-refractivity contribution in [1.29, 1.82) is 0 Å². The molecule has 24 heavy (non-hydrogen) atoms. The molecule has 0 spiro atoms. The van der Waals surface area contributed by atoms with Crippen LogP contribution in [-0.4, -0.2) is 29.0 Å². The molecule has 3 nitrogen and oxygen atoms in total. The van der Waals surface area contributed by atoms with E-state index in [0.29, 0.717) is 12.3 Å². The monoisotopic (exact) mass is 353 g/mol. The van der Waals surface area contributed by atoms with Crippen LogP contribution in [0.2, 0.25) is 0 Å². The predicted molar refractivity (Wildman–Crippen MR) is 105 cm³/mol. The molecule has 0 N–H and O–H groups in total. The van der Waals surface area contributed by atoms with Crippen molar-refractivity contribution < 1.29 is 9.59 Å². The van der Waals surface area contributed by atoms with Gasteiger partial charge < -0.3 is 0 Å². The Kier molecular flexibility index (Phi) is 16.2. The van der Waals surface area contributed by atoms with Gasteiger partial charge in [-0.05, 0) is 25.0 Å². The molecule has 2 amide bonds. The third kappa shape index (κ3) is 13.4. The first-order valence-corrected chi connectivity index (χ1v) is 10.1. The van der Waals surface area contributed by atoms with Crippen LogP contribution in [0.1, 0.15) is 84.5 Å². The highest BCUT2D eigenvalue weighted by Gasteiger charge is 2.14. The van der Waals surface area contributed by atoms with Gasteiger partial charge in [0.15, 0.2) is 0 Å². The molecule has 0 aliphatic rings. The summed E-state index contributed by atoms with van der Waals surface area (Å²) in [6, 6.07) is 0. The van der Waals surface area contributed by atoms with Crippen LogP contribution in [0.3, 0.4) is 0 Å². The number of thiol groups is 1. The number of rotatable bonds is 14. The van der Waals surface area contributed by atoms with Gasteiger partial charge >= 0.3 is 0 Å². The molecule has 0 radical (unpaired) electrons. The van der Waals surface area contributed by atoms with Crippen LogP contribution in [0.5, 0.6) is 0 Å². The van der Waals surface area contributed by atoms with Gasteiger partial charge in [-0.3, -0.25) is 14.5 Å². The van der Waals surface area contributed by atoms with Crippen molar-refractivity contribution in [2.75, 3.05) is 12.3 Å². The van der Waals surface area contributed by atoms with Gasteiger partial charge in [0.05, 0.1) is 6.42 Å². The Morgan fingerprint density at radius 3 is 2.08 bits per heavy atom. The largest absolute Gasteiger partial charge is 0.282 e. The summed E-state index contributed by atoms with van der Waals surface area (Å²) in [6.45, 7) is 4.03. The Labute approximate surface area is 154 Å². The van der Waals surface area contributed by atoms with Gasteiger partial charge in [-0.15, -0.1) is 5.73 Å². The summed E-state index contributed by atoms with van der Waals surface area (Å²) >= 11 is 4.06. The maximum atomic E-state index is 11.9. The SMILES string of the molecule is CCCCCCCCCCCC=C=CCC(=O)N(CCS)C(C)=O. The molecule has 0 aliphatic carbocycles. The van der Waals surface area contributed by atoms with Gasteiger partial charge in [0.1, 0.15) is 0 Å². The number of unbranched alkanes of at least 4 members (excludes halogenated alkanes) is 9. The van der Waals surface area contributed by atoms with E-state index in [1.54, 1.807) is 6.08 Å². The molecule has 0 unspecified atom stereocenters. The third-order valence-corrected chi connectivity index (χ3v) is 4.17. The molecular weight excluding hydrogens is 318 g/mol. The number of imide groups is 1. The molecule has 0 saturated carbocycles. The maximum absolute atomic E-state index is 11.9. The molecule has 0 bridgehead atoms. The summed E-state index contributed by atoms with van der Waals surface area (Å²) in [5, 5.41) is 0. The first kappa shape index (κ1) is 23.0. The Hall–Kier alpha value is -0.990. The Morgan fingerprint density at radius 2 is 1.54 bits per heavy atom. The van der Waals surface area contributed by atoms with Crippen LogP contribution in [0.25, 0.3) is 0 Å². The van der Waals surface area contributed by atoms with E-state index in [9.17, 15) is 9.59 Å². The highest BCUT2D eigenvalue weighted by Crippen LogP contribution is 2.10. The summed E-state index contributed by atoms with van der Waals surface area (Å²) in [4.78, 5) is 24.4. The number of nitrogens with zero attached hydrogens (tertiary/aromatic N) is 1. The van der Waals surface area contributed by atoms with Crippen molar-refractivity contribution in [3.05, 3.63) is 17.9 Å². The van der Waals surface area contributed by atoms with Crippen LogP contribution in [0.4, 0.5) is 0 Å². The van der Waals surface area contributed by atoms with Gasteiger partial charge in [-0.25, -0.2) is 0 Å². The number of hydrogen-bond acceptors (Lipinski definition) is 3. The molecule has 0 atom stereocenters. The first-order chi connectivity index (χ1) is 11.6. The molecule has 0 aliphatic heterocycles. The average molecular weight is 354 g/mol. The lowest BCUT2D eigenvalue weighted by Gasteiger charge is -2.16. The average Bonchev–Trinajstić information content (AvgIpc) is 2.56. The topological polar surface area (TPSA) is 37.4 Å². The van der Waals surface area contributed by atoms with E-state index in [1.165, 1.54) is 69.6 Å². The zero-order valence-electron chi connectivity index (χ0n) is 15.6. The number of amides is 2. The van der Waals surface area contributed by atoms with Gasteiger partial charge in [0.25, 0.3) is 0 Å². The van der Waals surface area contributed by atoms with Crippen LogP contribution >= 0.6 is 12.6 Å². The lowest BCUT2D eigenvalue weighted by Crippen LogP contribution is -2.36. The second-order valence-electron chi connectivity index (χ2n) is 6.18. The molecule has 0 aromatic heterocycles. The predicted octanol–water partition coefficient (Wildman–Crippen LogP) is 5.31. The normalized spacial score (nSPS) is 10.1. The number of carbonyl (C=O) groups is 2. The fourth-order valence-electron chi connectivity index (χ4n) is 2.54. The van der Waals surface area contributed by atoms with Crippen LogP contribution < -0.4 is 0 Å². The minimum atomic E-state index is -0.221. The minimum absolute atomic E-state index is 0.180. The quantitative estimate of drug-likeness (QED) is 0.261. The number of hydrogen-bond donors (Lipinski definition) is 1. The lowest BCUT2D eigenvalue weighted by molar-refractivity contribution is -0.142. The zero-order valence-corrected chi connectivity index (χ0v) is 16.5. The zero-order chi connectivity index (χ0) is 18.0. The highest BCUT2D eigenvalue weighted by molar-refractivity contribution is 7.80. The smallest absolute Gasteiger partial charge is 0.233 e. The van der Waals surface area contributed by atoms with E-state index in [4.69, 9.17) is 0 Å². The lowest BCUT2D eigenvalue weighted by atomic mass is 10.1. The van der Waals surface area contributed by atoms with Gasteiger partial charge in [0, 0.05) is 19.2 Å². The molecule has 138 valence electrons. The van der Waals surface area contributed by atoms with E-state index >= 15 is 0 Å². The van der Waals surface area contributed by atoms with E-state index in [2.05, 4.69) is 25.3 Å². The van der Waals surface area contributed by atoms with Crippen LogP contribution in [-0.2, 0) is 9.59 Å². The fourth-order valence-corrected chi connectivity index (χ4v) is 2.74. The highest BCUT2D eigenvalue weighted by atomic mass is 32.1. The van der Waals surface area contributed by atoms with Crippen molar-refractivity contribution in [1.82, 2.24) is 4.90 Å². The number of carbonyl (C=O) groups excluding carboxylic acids is 2. The van der Waals surface area contributed by atoms with Crippen molar-refractivity contribution in [3.8, 4) is 0 Å². The second kappa shape index (κ2) is 16.9. The van der Waals surface area contributed by atoms with Gasteiger partial charge in [0.2, 0.25) is 11.8 Å². The van der Waals surface area contributed by atoms with Crippen LogP contribution in [0.15, 0.2) is 17.9 Å². The molecule has 0 fully saturated rings. The van der Waals surface area contributed by atoms with E-state index < -0.39 is 0 Å². The third-order valence-electron chi connectivity index (χ3n) is 3.97. The van der Waals surface area contributed by atoms with Gasteiger partial charge in [-0.2, -0.15) is 12.6 Å². The molecule has 0 aromatic carbocycles. The Morgan fingerprint density at radius 1 is 0.958 bits per heavy atom. The molecule has 4 heteroatoms. The van der Waals surface area contributed by atoms with Crippen LogP contribution in [0, 0.1) is 0 Å². The summed E-state index contributed by atoms with van der Waals surface area (Å²) in [5.74, 6) is 0.0883. The summed E-state index contributed by atoms with van der Waals surface area (Å²) in [5.41, 5.74) is 3.05. The second-order valence-corrected chi connectivity index (χ2v) is 6.63. The molecule has 0 heterocycles. The fraction of sp³-hybridized carbons (Fsp3) is 0.750. The van der Waals surface area contributed by atoms with Crippen molar-refractivity contribution in [3.63, 3.8) is 0 Å². The molecule has 0 rings (SSSR count). The van der Waals surface area contributed by atoms with E-state index in [1.807, 2.05) is 6.08 Å². The molecule has 0 saturated heterocycles. The summed E-state index contributed by atoms with van der Waals surface area (Å²) in [6.07, 6.45) is 16.9. The molecular formula is C20H35NO2S. The van der Waals surface area contributed by atoms with E-state index in [0.717, 1.165) is 6.42 Å². The molecule has 0 aromatic rings. The van der Waals surface area contributed by atoms with Crippen molar-refractivity contribution >= 4 is 24.4 Å².